The van der Waals surface area contributed by atoms with E-state index < -0.39 is 17.9 Å². The molecule has 0 N–H and O–H groups in total. The Kier molecular flexibility index (Phi) is 6.43. The zero-order chi connectivity index (χ0) is 21.9. The van der Waals surface area contributed by atoms with E-state index >= 15 is 0 Å². The molecule has 0 bridgehead atoms. The molecule has 1 aromatic heterocycles. The van der Waals surface area contributed by atoms with Crippen LogP contribution in [0.4, 0.5) is 23.7 Å². The molecule has 30 heavy (non-hydrogen) atoms. The van der Waals surface area contributed by atoms with Crippen LogP contribution < -0.4 is 4.90 Å². The molecular formula is C22H24F3N3O2. The molecule has 1 aromatic carbocycles. The fraction of sp³-hybridized carbons (Fsp3) is 0.409. The number of carbonyl (C=O) groups excluding carboxylic acids is 2. The average Bonchev–Trinajstić information content (AvgIpc) is 3.03. The summed E-state index contributed by atoms with van der Waals surface area (Å²) in [4.78, 5) is 32.2. The fourth-order valence-corrected chi connectivity index (χ4v) is 3.62. The van der Waals surface area contributed by atoms with Gasteiger partial charge in [-0.2, -0.15) is 13.2 Å². The van der Waals surface area contributed by atoms with Crippen LogP contribution >= 0.6 is 0 Å². The summed E-state index contributed by atoms with van der Waals surface area (Å²) >= 11 is 0. The molecule has 1 fully saturated rings. The van der Waals surface area contributed by atoms with Gasteiger partial charge in [0.25, 0.3) is 0 Å². The molecule has 160 valence electrons. The predicted molar refractivity (Wildman–Crippen MR) is 108 cm³/mol. The number of amides is 2. The summed E-state index contributed by atoms with van der Waals surface area (Å²) in [5.41, 5.74) is 0.867. The lowest BCUT2D eigenvalue weighted by molar-refractivity contribution is -0.141. The Bertz CT molecular complexity index is 913. The van der Waals surface area contributed by atoms with Gasteiger partial charge in [0.15, 0.2) is 5.78 Å². The van der Waals surface area contributed by atoms with Crippen molar-refractivity contribution in [1.82, 2.24) is 9.88 Å². The Balaban J connectivity index is 1.80. The van der Waals surface area contributed by atoms with E-state index in [1.54, 1.807) is 6.07 Å². The minimum atomic E-state index is -4.54. The van der Waals surface area contributed by atoms with Gasteiger partial charge >= 0.3 is 12.2 Å². The second-order valence-corrected chi connectivity index (χ2v) is 7.34. The average molecular weight is 419 g/mol. The smallest absolute Gasteiger partial charge is 0.312 e. The number of nitrogens with zero attached hydrogens (tertiary/aromatic N) is 3. The van der Waals surface area contributed by atoms with Crippen molar-refractivity contribution in [3.05, 3.63) is 59.4 Å². The lowest BCUT2D eigenvalue weighted by Gasteiger charge is -2.22. The largest absolute Gasteiger partial charge is 0.433 e. The van der Waals surface area contributed by atoms with Crippen molar-refractivity contribution in [1.29, 1.82) is 0 Å². The van der Waals surface area contributed by atoms with Crippen molar-refractivity contribution in [2.75, 3.05) is 18.0 Å². The molecule has 1 saturated heterocycles. The first-order valence-electron chi connectivity index (χ1n) is 9.98. The van der Waals surface area contributed by atoms with E-state index in [9.17, 15) is 22.8 Å². The number of ketones is 1. The lowest BCUT2D eigenvalue weighted by Crippen LogP contribution is -2.39. The maximum atomic E-state index is 13.0. The third kappa shape index (κ3) is 4.63. The van der Waals surface area contributed by atoms with Crippen molar-refractivity contribution < 1.29 is 22.8 Å². The van der Waals surface area contributed by atoms with Gasteiger partial charge in [-0.05, 0) is 36.6 Å². The van der Waals surface area contributed by atoms with Gasteiger partial charge in [0.05, 0.1) is 24.5 Å². The first-order valence-corrected chi connectivity index (χ1v) is 9.98. The van der Waals surface area contributed by atoms with Crippen LogP contribution in [0.3, 0.4) is 0 Å². The Morgan fingerprint density at radius 3 is 2.57 bits per heavy atom. The number of halogens is 3. The summed E-state index contributed by atoms with van der Waals surface area (Å²) < 4.78 is 38.3. The Labute approximate surface area is 173 Å². The number of rotatable bonds is 7. The molecule has 1 atom stereocenters. The maximum Gasteiger partial charge on any atom is 0.433 e. The second-order valence-electron chi connectivity index (χ2n) is 7.34. The monoisotopic (exact) mass is 419 g/mol. The van der Waals surface area contributed by atoms with Crippen molar-refractivity contribution in [2.45, 2.75) is 45.3 Å². The van der Waals surface area contributed by atoms with Gasteiger partial charge in [-0.25, -0.2) is 9.78 Å². The quantitative estimate of drug-likeness (QED) is 0.597. The van der Waals surface area contributed by atoms with Gasteiger partial charge in [0.1, 0.15) is 5.69 Å². The summed E-state index contributed by atoms with van der Waals surface area (Å²) in [6, 6.07) is 8.84. The van der Waals surface area contributed by atoms with Crippen LogP contribution in [0.25, 0.3) is 0 Å². The highest BCUT2D eigenvalue weighted by Crippen LogP contribution is 2.30. The minimum Gasteiger partial charge on any atom is -0.312 e. The molecule has 3 rings (SSSR count). The lowest BCUT2D eigenvalue weighted by atomic mass is 10.0. The SMILES string of the molecule is CCC[C@H]1CN(c2ccc(C(F)(F)F)nc2)C(=O)N1CC(=O)c1cccc(CC)c1. The molecule has 2 aromatic rings. The highest BCUT2D eigenvalue weighted by atomic mass is 19.4. The second kappa shape index (κ2) is 8.85. The molecule has 0 aliphatic carbocycles. The van der Waals surface area contributed by atoms with Crippen LogP contribution in [-0.4, -0.2) is 40.8 Å². The number of Topliss-reactive ketones (excluding diaryl/α,β-unsaturated/α-hetero) is 1. The number of alkyl halides is 3. The third-order valence-electron chi connectivity index (χ3n) is 5.25. The van der Waals surface area contributed by atoms with E-state index in [0.717, 1.165) is 30.7 Å². The molecule has 0 saturated carbocycles. The van der Waals surface area contributed by atoms with E-state index in [2.05, 4.69) is 4.98 Å². The number of carbonyl (C=O) groups is 2. The molecule has 8 heteroatoms. The summed E-state index contributed by atoms with van der Waals surface area (Å²) in [7, 11) is 0. The zero-order valence-electron chi connectivity index (χ0n) is 16.9. The number of benzene rings is 1. The highest BCUT2D eigenvalue weighted by molar-refractivity contribution is 6.02. The molecule has 2 amide bonds. The number of aryl methyl sites for hydroxylation is 1. The van der Waals surface area contributed by atoms with Crippen LogP contribution in [0.1, 0.15) is 48.3 Å². The topological polar surface area (TPSA) is 53.5 Å². The number of pyridine rings is 1. The zero-order valence-corrected chi connectivity index (χ0v) is 16.9. The number of hydrogen-bond donors (Lipinski definition) is 0. The van der Waals surface area contributed by atoms with Gasteiger partial charge in [-0.1, -0.05) is 38.5 Å². The maximum absolute atomic E-state index is 13.0. The summed E-state index contributed by atoms with van der Waals surface area (Å²) in [6.45, 7) is 4.22. The Morgan fingerprint density at radius 2 is 1.97 bits per heavy atom. The van der Waals surface area contributed by atoms with Gasteiger partial charge in [0, 0.05) is 12.1 Å². The molecule has 5 nitrogen and oxygen atoms in total. The number of hydrogen-bond acceptors (Lipinski definition) is 3. The van der Waals surface area contributed by atoms with E-state index in [4.69, 9.17) is 0 Å². The number of aromatic nitrogens is 1. The van der Waals surface area contributed by atoms with Crippen LogP contribution in [0.15, 0.2) is 42.6 Å². The van der Waals surface area contributed by atoms with Crippen molar-refractivity contribution >= 4 is 17.5 Å². The van der Waals surface area contributed by atoms with E-state index in [0.29, 0.717) is 18.5 Å². The molecule has 1 aliphatic heterocycles. The van der Waals surface area contributed by atoms with E-state index in [1.807, 2.05) is 32.0 Å². The van der Waals surface area contributed by atoms with E-state index in [-0.39, 0.29) is 24.1 Å². The normalized spacial score (nSPS) is 17.0. The summed E-state index contributed by atoms with van der Waals surface area (Å²) in [5, 5.41) is 0. The van der Waals surface area contributed by atoms with Gasteiger partial charge in [0.2, 0.25) is 0 Å². The highest BCUT2D eigenvalue weighted by Gasteiger charge is 2.39. The van der Waals surface area contributed by atoms with Crippen molar-refractivity contribution in [3.63, 3.8) is 0 Å². The number of urea groups is 1. The number of anilines is 1. The first kappa shape index (κ1) is 21.8. The summed E-state index contributed by atoms with van der Waals surface area (Å²) in [5.74, 6) is -0.160. The van der Waals surface area contributed by atoms with Crippen LogP contribution in [0.5, 0.6) is 0 Å². The first-order chi connectivity index (χ1) is 14.2. The molecular weight excluding hydrogens is 395 g/mol. The van der Waals surface area contributed by atoms with E-state index in [1.165, 1.54) is 15.9 Å². The molecule has 2 heterocycles. The molecule has 0 spiro atoms. The van der Waals surface area contributed by atoms with Crippen molar-refractivity contribution in [3.8, 4) is 0 Å². The molecule has 1 aliphatic rings. The van der Waals surface area contributed by atoms with Gasteiger partial charge in [-0.3, -0.25) is 9.69 Å². The van der Waals surface area contributed by atoms with Gasteiger partial charge in [-0.15, -0.1) is 0 Å². The fourth-order valence-electron chi connectivity index (χ4n) is 3.62. The van der Waals surface area contributed by atoms with Crippen molar-refractivity contribution in [2.24, 2.45) is 0 Å². The van der Waals surface area contributed by atoms with Gasteiger partial charge < -0.3 is 4.90 Å². The molecule has 0 unspecified atom stereocenters. The third-order valence-corrected chi connectivity index (χ3v) is 5.25. The van der Waals surface area contributed by atoms with Crippen LogP contribution in [0.2, 0.25) is 0 Å². The standard InChI is InChI=1S/C22H24F3N3O2/c1-3-6-18-13-27(17-9-10-20(26-12-17)22(23,24)25)21(30)28(18)14-19(29)16-8-5-7-15(4-2)11-16/h5,7-12,18H,3-4,6,13-14H2,1-2H3/t18-/m0/s1. The minimum absolute atomic E-state index is 0.0682. The summed E-state index contributed by atoms with van der Waals surface area (Å²) in [6.07, 6.45) is -1.17. The van der Waals surface area contributed by atoms with Crippen LogP contribution in [-0.2, 0) is 12.6 Å². The van der Waals surface area contributed by atoms with Crippen LogP contribution in [0, 0.1) is 0 Å². The molecule has 0 radical (unpaired) electrons. The Morgan fingerprint density at radius 1 is 1.20 bits per heavy atom. The Hall–Kier alpha value is -2.90. The predicted octanol–water partition coefficient (Wildman–Crippen LogP) is 4.96.